The highest BCUT2D eigenvalue weighted by atomic mass is 79.9. The molecule has 0 spiro atoms. The zero-order chi connectivity index (χ0) is 10.0. The van der Waals surface area contributed by atoms with E-state index >= 15 is 0 Å². The molecular weight excluding hydrogens is 239 g/mol. The summed E-state index contributed by atoms with van der Waals surface area (Å²) in [5.41, 5.74) is 6.13. The van der Waals surface area contributed by atoms with Gasteiger partial charge in [-0.3, -0.25) is 0 Å². The van der Waals surface area contributed by atoms with E-state index in [-0.39, 0.29) is 5.84 Å². The van der Waals surface area contributed by atoms with Crippen molar-refractivity contribution in [2.45, 2.75) is 6.92 Å². The van der Waals surface area contributed by atoms with Gasteiger partial charge in [0, 0.05) is 10.0 Å². The second-order valence-electron chi connectivity index (χ2n) is 2.55. The minimum atomic E-state index is -0.393. The second kappa shape index (κ2) is 3.74. The van der Waals surface area contributed by atoms with Crippen LogP contribution in [0.2, 0.25) is 0 Å². The summed E-state index contributed by atoms with van der Waals surface area (Å²) in [5, 5.41) is 11.1. The van der Waals surface area contributed by atoms with E-state index in [4.69, 9.17) is 10.9 Å². The first-order chi connectivity index (χ1) is 6.06. The van der Waals surface area contributed by atoms with Gasteiger partial charge >= 0.3 is 0 Å². The average Bonchev–Trinajstić information content (AvgIpc) is 2.12. The summed E-state index contributed by atoms with van der Waals surface area (Å²) in [6.07, 6.45) is 0. The summed E-state index contributed by atoms with van der Waals surface area (Å²) in [5.74, 6) is -0.504. The van der Waals surface area contributed by atoms with Gasteiger partial charge in [0.1, 0.15) is 5.82 Å². The molecule has 0 atom stereocenters. The highest BCUT2D eigenvalue weighted by Crippen LogP contribution is 2.20. The minimum Gasteiger partial charge on any atom is -0.409 e. The Morgan fingerprint density at radius 1 is 1.62 bits per heavy atom. The van der Waals surface area contributed by atoms with E-state index in [2.05, 4.69) is 21.1 Å². The van der Waals surface area contributed by atoms with Crippen molar-refractivity contribution in [1.82, 2.24) is 0 Å². The number of hydrogen-bond acceptors (Lipinski definition) is 2. The Morgan fingerprint density at radius 2 is 2.23 bits per heavy atom. The molecule has 0 aliphatic heterocycles. The minimum absolute atomic E-state index is 0.111. The number of halogens is 2. The molecular formula is C8H8BrFN2O. The van der Waals surface area contributed by atoms with Gasteiger partial charge in [-0.1, -0.05) is 21.1 Å². The van der Waals surface area contributed by atoms with E-state index in [1.165, 1.54) is 6.07 Å². The van der Waals surface area contributed by atoms with Crippen LogP contribution in [0, 0.1) is 12.7 Å². The Morgan fingerprint density at radius 3 is 2.69 bits per heavy atom. The van der Waals surface area contributed by atoms with Gasteiger partial charge < -0.3 is 10.9 Å². The monoisotopic (exact) mass is 246 g/mol. The Kier molecular flexibility index (Phi) is 2.87. The third-order valence-electron chi connectivity index (χ3n) is 1.68. The molecule has 0 saturated heterocycles. The number of amidine groups is 1. The van der Waals surface area contributed by atoms with E-state index in [9.17, 15) is 4.39 Å². The third-order valence-corrected chi connectivity index (χ3v) is 2.51. The van der Waals surface area contributed by atoms with Crippen molar-refractivity contribution in [2.24, 2.45) is 10.9 Å². The quantitative estimate of drug-likeness (QED) is 0.345. The Hall–Kier alpha value is -1.10. The third kappa shape index (κ3) is 1.98. The van der Waals surface area contributed by atoms with E-state index in [0.29, 0.717) is 15.6 Å². The highest BCUT2D eigenvalue weighted by Gasteiger charge is 2.07. The van der Waals surface area contributed by atoms with Crippen LogP contribution in [0.15, 0.2) is 21.8 Å². The summed E-state index contributed by atoms with van der Waals surface area (Å²) in [6, 6.07) is 2.81. The lowest BCUT2D eigenvalue weighted by atomic mass is 10.1. The fraction of sp³-hybridized carbons (Fsp3) is 0.125. The molecule has 0 saturated carbocycles. The molecule has 0 amide bonds. The van der Waals surface area contributed by atoms with Crippen molar-refractivity contribution in [3.05, 3.63) is 33.5 Å². The zero-order valence-corrected chi connectivity index (χ0v) is 8.47. The van der Waals surface area contributed by atoms with Crippen molar-refractivity contribution >= 4 is 21.8 Å². The standard InChI is InChI=1S/C8H8BrFN2O/c1-4-6(9)2-5(3-7(4)10)8(11)12-13/h2-3,13H,1H3,(H2,11,12). The Labute approximate surface area is 83.2 Å². The summed E-state index contributed by atoms with van der Waals surface area (Å²) in [4.78, 5) is 0. The second-order valence-corrected chi connectivity index (χ2v) is 3.40. The largest absolute Gasteiger partial charge is 0.409 e. The molecule has 0 unspecified atom stereocenters. The number of rotatable bonds is 1. The molecule has 3 nitrogen and oxygen atoms in total. The normalized spacial score (nSPS) is 11.8. The van der Waals surface area contributed by atoms with Crippen LogP contribution in [-0.4, -0.2) is 11.0 Å². The fourth-order valence-electron chi connectivity index (χ4n) is 0.851. The van der Waals surface area contributed by atoms with Gasteiger partial charge in [0.2, 0.25) is 0 Å². The maximum Gasteiger partial charge on any atom is 0.170 e. The van der Waals surface area contributed by atoms with Crippen LogP contribution in [0.1, 0.15) is 11.1 Å². The topological polar surface area (TPSA) is 58.6 Å². The Balaban J connectivity index is 3.29. The van der Waals surface area contributed by atoms with Gasteiger partial charge in [0.25, 0.3) is 0 Å². The molecule has 1 aromatic rings. The molecule has 1 aromatic carbocycles. The molecule has 0 radical (unpaired) electrons. The first-order valence-corrected chi connectivity index (χ1v) is 4.29. The van der Waals surface area contributed by atoms with Crippen LogP contribution >= 0.6 is 15.9 Å². The SMILES string of the molecule is Cc1c(F)cc(C(N)=NO)cc1Br. The predicted molar refractivity (Wildman–Crippen MR) is 51.3 cm³/mol. The lowest BCUT2D eigenvalue weighted by Gasteiger charge is -2.03. The number of benzene rings is 1. The van der Waals surface area contributed by atoms with Crippen LogP contribution < -0.4 is 5.73 Å². The van der Waals surface area contributed by atoms with Crippen LogP contribution in [-0.2, 0) is 0 Å². The van der Waals surface area contributed by atoms with Crippen LogP contribution in [0.5, 0.6) is 0 Å². The number of oxime groups is 1. The molecule has 0 bridgehead atoms. The van der Waals surface area contributed by atoms with E-state index in [1.807, 2.05) is 0 Å². The van der Waals surface area contributed by atoms with Gasteiger partial charge in [0.15, 0.2) is 5.84 Å². The molecule has 0 aliphatic rings. The van der Waals surface area contributed by atoms with Crippen molar-refractivity contribution in [1.29, 1.82) is 0 Å². The zero-order valence-electron chi connectivity index (χ0n) is 6.88. The lowest BCUT2D eigenvalue weighted by Crippen LogP contribution is -2.13. The molecule has 70 valence electrons. The van der Waals surface area contributed by atoms with Crippen molar-refractivity contribution in [3.8, 4) is 0 Å². The maximum atomic E-state index is 13.1. The van der Waals surface area contributed by atoms with Crippen LogP contribution in [0.4, 0.5) is 4.39 Å². The maximum absolute atomic E-state index is 13.1. The molecule has 1 rings (SSSR count). The molecule has 3 N–H and O–H groups in total. The first-order valence-electron chi connectivity index (χ1n) is 3.49. The highest BCUT2D eigenvalue weighted by molar-refractivity contribution is 9.10. The van der Waals surface area contributed by atoms with Crippen molar-refractivity contribution in [3.63, 3.8) is 0 Å². The van der Waals surface area contributed by atoms with Crippen molar-refractivity contribution < 1.29 is 9.60 Å². The molecule has 0 aliphatic carbocycles. The number of nitrogens with zero attached hydrogens (tertiary/aromatic N) is 1. The molecule has 0 heterocycles. The lowest BCUT2D eigenvalue weighted by molar-refractivity contribution is 0.318. The van der Waals surface area contributed by atoms with Gasteiger partial charge in [0.05, 0.1) is 0 Å². The van der Waals surface area contributed by atoms with E-state index < -0.39 is 5.82 Å². The Bertz CT molecular complexity index is 342. The van der Waals surface area contributed by atoms with Gasteiger partial charge in [-0.25, -0.2) is 4.39 Å². The summed E-state index contributed by atoms with van der Waals surface area (Å²) in [7, 11) is 0. The summed E-state index contributed by atoms with van der Waals surface area (Å²) < 4.78 is 13.7. The van der Waals surface area contributed by atoms with E-state index in [0.717, 1.165) is 0 Å². The van der Waals surface area contributed by atoms with E-state index in [1.54, 1.807) is 13.0 Å². The number of hydrogen-bond donors (Lipinski definition) is 2. The molecule has 13 heavy (non-hydrogen) atoms. The summed E-state index contributed by atoms with van der Waals surface area (Å²) in [6.45, 7) is 1.63. The molecule has 5 heteroatoms. The molecule has 0 aromatic heterocycles. The number of nitrogens with two attached hydrogens (primary N) is 1. The predicted octanol–water partition coefficient (Wildman–Crippen LogP) is 1.99. The van der Waals surface area contributed by atoms with Gasteiger partial charge in [-0.2, -0.15) is 0 Å². The molecule has 0 fully saturated rings. The van der Waals surface area contributed by atoms with Crippen molar-refractivity contribution in [2.75, 3.05) is 0 Å². The fourth-order valence-corrected chi connectivity index (χ4v) is 1.29. The van der Waals surface area contributed by atoms with Gasteiger partial charge in [-0.15, -0.1) is 0 Å². The van der Waals surface area contributed by atoms with Crippen LogP contribution in [0.25, 0.3) is 0 Å². The summed E-state index contributed by atoms with van der Waals surface area (Å²) >= 11 is 3.16. The van der Waals surface area contributed by atoms with Crippen LogP contribution in [0.3, 0.4) is 0 Å². The smallest absolute Gasteiger partial charge is 0.170 e. The average molecular weight is 247 g/mol. The van der Waals surface area contributed by atoms with Gasteiger partial charge in [-0.05, 0) is 24.6 Å². The first kappa shape index (κ1) is 9.98.